The Labute approximate surface area is 135 Å². The third-order valence-electron chi connectivity index (χ3n) is 2.98. The van der Waals surface area contributed by atoms with Crippen LogP contribution in [0.2, 0.25) is 0 Å². The maximum absolute atomic E-state index is 12.3. The summed E-state index contributed by atoms with van der Waals surface area (Å²) in [6.07, 6.45) is 0.236. The van der Waals surface area contributed by atoms with Crippen molar-refractivity contribution < 1.29 is 9.59 Å². The Hall–Kier alpha value is -1.66. The molecule has 0 fully saturated rings. The lowest BCUT2D eigenvalue weighted by Gasteiger charge is -2.09. The van der Waals surface area contributed by atoms with Gasteiger partial charge in [0.2, 0.25) is 5.91 Å². The fourth-order valence-electron chi connectivity index (χ4n) is 1.81. The summed E-state index contributed by atoms with van der Waals surface area (Å²) in [6, 6.07) is 9.15. The summed E-state index contributed by atoms with van der Waals surface area (Å²) in [7, 11) is 1.59. The van der Waals surface area contributed by atoms with Crippen LogP contribution < -0.4 is 10.6 Å². The van der Waals surface area contributed by atoms with Gasteiger partial charge in [-0.05, 0) is 46.1 Å². The van der Waals surface area contributed by atoms with Crippen molar-refractivity contribution in [3.63, 3.8) is 0 Å². The highest BCUT2D eigenvalue weighted by molar-refractivity contribution is 9.11. The van der Waals surface area contributed by atoms with Gasteiger partial charge in [-0.1, -0.05) is 18.2 Å². The summed E-state index contributed by atoms with van der Waals surface area (Å²) in [4.78, 5) is 24.4. The summed E-state index contributed by atoms with van der Waals surface area (Å²) in [5, 5.41) is 5.45. The third kappa shape index (κ3) is 3.92. The van der Waals surface area contributed by atoms with E-state index in [0.717, 1.165) is 14.9 Å². The number of amides is 2. The molecule has 0 saturated carbocycles. The van der Waals surface area contributed by atoms with Crippen molar-refractivity contribution in [3.8, 4) is 0 Å². The van der Waals surface area contributed by atoms with Gasteiger partial charge in [0, 0.05) is 12.7 Å². The highest BCUT2D eigenvalue weighted by Gasteiger charge is 2.14. The molecule has 4 nitrogen and oxygen atoms in total. The van der Waals surface area contributed by atoms with Gasteiger partial charge in [0.15, 0.2) is 0 Å². The van der Waals surface area contributed by atoms with Crippen LogP contribution >= 0.6 is 27.3 Å². The van der Waals surface area contributed by atoms with E-state index in [9.17, 15) is 9.59 Å². The zero-order valence-electron chi connectivity index (χ0n) is 11.7. The SMILES string of the molecule is CNC(=O)Cc1ccccc1NC(=O)c1cc(C)c(Br)s1. The monoisotopic (exact) mass is 366 g/mol. The molecule has 2 aromatic rings. The molecule has 21 heavy (non-hydrogen) atoms. The van der Waals surface area contributed by atoms with Gasteiger partial charge in [-0.3, -0.25) is 9.59 Å². The predicted molar refractivity (Wildman–Crippen MR) is 88.9 cm³/mol. The average molecular weight is 367 g/mol. The highest BCUT2D eigenvalue weighted by atomic mass is 79.9. The van der Waals surface area contributed by atoms with E-state index in [1.54, 1.807) is 13.1 Å². The van der Waals surface area contributed by atoms with Crippen molar-refractivity contribution in [2.75, 3.05) is 12.4 Å². The molecular weight excluding hydrogens is 352 g/mol. The Balaban J connectivity index is 2.19. The minimum atomic E-state index is -0.168. The molecule has 2 amide bonds. The Kier molecular flexibility index (Phi) is 5.14. The third-order valence-corrected chi connectivity index (χ3v) is 5.11. The molecule has 0 atom stereocenters. The Morgan fingerprint density at radius 3 is 2.62 bits per heavy atom. The molecule has 1 aromatic heterocycles. The number of rotatable bonds is 4. The number of halogens is 1. The first-order valence-electron chi connectivity index (χ1n) is 6.37. The van der Waals surface area contributed by atoms with Crippen molar-refractivity contribution in [1.29, 1.82) is 0 Å². The number of hydrogen-bond donors (Lipinski definition) is 2. The predicted octanol–water partition coefficient (Wildman–Crippen LogP) is 3.36. The number of thiophene rings is 1. The first-order valence-corrected chi connectivity index (χ1v) is 7.98. The van der Waals surface area contributed by atoms with E-state index in [-0.39, 0.29) is 18.2 Å². The first-order chi connectivity index (χ1) is 10.0. The lowest BCUT2D eigenvalue weighted by molar-refractivity contribution is -0.119. The fourth-order valence-corrected chi connectivity index (χ4v) is 3.24. The van der Waals surface area contributed by atoms with Crippen molar-refractivity contribution in [2.45, 2.75) is 13.3 Å². The van der Waals surface area contributed by atoms with Crippen LogP contribution in [0.3, 0.4) is 0 Å². The lowest BCUT2D eigenvalue weighted by Crippen LogP contribution is -2.21. The van der Waals surface area contributed by atoms with E-state index >= 15 is 0 Å². The molecule has 0 unspecified atom stereocenters. The largest absolute Gasteiger partial charge is 0.359 e. The zero-order valence-corrected chi connectivity index (χ0v) is 14.1. The van der Waals surface area contributed by atoms with Gasteiger partial charge in [-0.2, -0.15) is 0 Å². The van der Waals surface area contributed by atoms with Gasteiger partial charge in [-0.25, -0.2) is 0 Å². The summed E-state index contributed by atoms with van der Waals surface area (Å²) in [5.74, 6) is -0.260. The van der Waals surface area contributed by atoms with Crippen LogP contribution in [0, 0.1) is 6.92 Å². The van der Waals surface area contributed by atoms with E-state index in [0.29, 0.717) is 10.6 Å². The van der Waals surface area contributed by atoms with Gasteiger partial charge in [0.25, 0.3) is 5.91 Å². The molecule has 6 heteroatoms. The minimum absolute atomic E-state index is 0.0913. The molecule has 0 spiro atoms. The van der Waals surface area contributed by atoms with Crippen molar-refractivity contribution in [1.82, 2.24) is 5.32 Å². The number of aryl methyl sites for hydroxylation is 1. The maximum Gasteiger partial charge on any atom is 0.265 e. The van der Waals surface area contributed by atoms with Gasteiger partial charge in [0.1, 0.15) is 0 Å². The number of hydrogen-bond acceptors (Lipinski definition) is 3. The second kappa shape index (κ2) is 6.87. The molecule has 2 N–H and O–H groups in total. The van der Waals surface area contributed by atoms with Crippen LogP contribution in [0.15, 0.2) is 34.1 Å². The van der Waals surface area contributed by atoms with E-state index < -0.39 is 0 Å². The number of carbonyl (C=O) groups excluding carboxylic acids is 2. The summed E-state index contributed by atoms with van der Waals surface area (Å²) in [5.41, 5.74) is 2.48. The Morgan fingerprint density at radius 1 is 1.29 bits per heavy atom. The number of nitrogens with one attached hydrogen (secondary N) is 2. The second-order valence-corrected chi connectivity index (χ2v) is 6.90. The van der Waals surface area contributed by atoms with E-state index in [1.165, 1.54) is 11.3 Å². The van der Waals surface area contributed by atoms with E-state index in [2.05, 4.69) is 26.6 Å². The standard InChI is InChI=1S/C15H15BrN2O2S/c1-9-7-12(21-14(9)16)15(20)18-11-6-4-3-5-10(11)8-13(19)17-2/h3-7H,8H2,1-2H3,(H,17,19)(H,18,20). The molecule has 110 valence electrons. The van der Waals surface area contributed by atoms with Crippen LogP contribution in [0.1, 0.15) is 20.8 Å². The van der Waals surface area contributed by atoms with Crippen LogP contribution in [0.25, 0.3) is 0 Å². The van der Waals surface area contributed by atoms with Crippen molar-refractivity contribution in [2.24, 2.45) is 0 Å². The molecule has 0 radical (unpaired) electrons. The molecule has 2 rings (SSSR count). The molecule has 0 aliphatic rings. The topological polar surface area (TPSA) is 58.2 Å². The molecule has 0 saturated heterocycles. The lowest BCUT2D eigenvalue weighted by atomic mass is 10.1. The fraction of sp³-hybridized carbons (Fsp3) is 0.200. The number of benzene rings is 1. The smallest absolute Gasteiger partial charge is 0.265 e. The number of carbonyl (C=O) groups is 2. The van der Waals surface area contributed by atoms with Crippen LogP contribution in [0.5, 0.6) is 0 Å². The summed E-state index contributed by atoms with van der Waals surface area (Å²) in [6.45, 7) is 1.94. The Bertz CT molecular complexity index is 663. The highest BCUT2D eigenvalue weighted by Crippen LogP contribution is 2.28. The first kappa shape index (κ1) is 15.7. The molecule has 1 heterocycles. The molecule has 0 aliphatic carbocycles. The van der Waals surface area contributed by atoms with Crippen molar-refractivity contribution in [3.05, 3.63) is 50.1 Å². The van der Waals surface area contributed by atoms with E-state index in [1.807, 2.05) is 31.2 Å². The van der Waals surface area contributed by atoms with E-state index in [4.69, 9.17) is 0 Å². The Morgan fingerprint density at radius 2 is 2.00 bits per heavy atom. The number of para-hydroxylation sites is 1. The molecule has 0 aliphatic heterocycles. The molecule has 0 bridgehead atoms. The molecule has 1 aromatic carbocycles. The summed E-state index contributed by atoms with van der Waals surface area (Å²) < 4.78 is 0.950. The van der Waals surface area contributed by atoms with Crippen molar-refractivity contribution >= 4 is 44.8 Å². The van der Waals surface area contributed by atoms with Crippen LogP contribution in [-0.4, -0.2) is 18.9 Å². The average Bonchev–Trinajstić information content (AvgIpc) is 2.80. The van der Waals surface area contributed by atoms with Gasteiger partial charge in [-0.15, -0.1) is 11.3 Å². The maximum atomic E-state index is 12.3. The second-order valence-electron chi connectivity index (χ2n) is 4.53. The minimum Gasteiger partial charge on any atom is -0.359 e. The summed E-state index contributed by atoms with van der Waals surface area (Å²) >= 11 is 4.80. The number of anilines is 1. The quantitative estimate of drug-likeness (QED) is 0.871. The van der Waals surface area contributed by atoms with Crippen LogP contribution in [0.4, 0.5) is 5.69 Å². The molecular formula is C15H15BrN2O2S. The van der Waals surface area contributed by atoms with Crippen LogP contribution in [-0.2, 0) is 11.2 Å². The van der Waals surface area contributed by atoms with Gasteiger partial charge >= 0.3 is 0 Å². The number of likely N-dealkylation sites (N-methyl/N-ethyl adjacent to an activating group) is 1. The normalized spacial score (nSPS) is 10.2. The zero-order chi connectivity index (χ0) is 15.4. The van der Waals surface area contributed by atoms with Gasteiger partial charge < -0.3 is 10.6 Å². The van der Waals surface area contributed by atoms with Gasteiger partial charge in [0.05, 0.1) is 15.1 Å².